The molecule has 13 heavy (non-hydrogen) atoms. The van der Waals surface area contributed by atoms with Crippen molar-refractivity contribution < 1.29 is 53.6 Å². The maximum Gasteiger partial charge on any atom is 0.343 e. The first-order valence-corrected chi connectivity index (χ1v) is 3.26. The zero-order chi connectivity index (χ0) is 9.14. The van der Waals surface area contributed by atoms with Gasteiger partial charge in [0.1, 0.15) is 11.4 Å². The quantitative estimate of drug-likeness (QED) is 0.574. The van der Waals surface area contributed by atoms with Crippen LogP contribution in [0.2, 0.25) is 0 Å². The maximum atomic E-state index is 11.1. The van der Waals surface area contributed by atoms with Gasteiger partial charge in [-0.3, -0.25) is 5.10 Å². The molecule has 1 aromatic heterocycles. The van der Waals surface area contributed by atoms with Crippen LogP contribution < -0.4 is 5.43 Å². The molecular formula is C6H9AcN4O2-. The number of rotatable bonds is 2. The molecule has 0 saturated carbocycles. The number of hydrogen-bond acceptors (Lipinski definition) is 4. The third-order valence-corrected chi connectivity index (χ3v) is 1.46. The summed E-state index contributed by atoms with van der Waals surface area (Å²) in [5, 5.41) is 6.25. The van der Waals surface area contributed by atoms with Gasteiger partial charge < -0.3 is 16.0 Å². The van der Waals surface area contributed by atoms with Gasteiger partial charge in [0.25, 0.3) is 0 Å². The first kappa shape index (κ1) is 12.9. The van der Waals surface area contributed by atoms with E-state index in [4.69, 9.17) is 5.84 Å². The fourth-order valence-electron chi connectivity index (χ4n) is 0.871. The van der Waals surface area contributed by atoms with Gasteiger partial charge in [-0.15, -0.1) is 0 Å². The number of hydrogen-bond donors (Lipinski definition) is 2. The monoisotopic (exact) mass is 396 g/mol. The van der Waals surface area contributed by atoms with E-state index in [1.54, 1.807) is 6.92 Å². The summed E-state index contributed by atoms with van der Waals surface area (Å²) in [6.07, 6.45) is 0. The number of aromatic nitrogens is 2. The van der Waals surface area contributed by atoms with E-state index in [1.165, 1.54) is 7.11 Å². The Balaban J connectivity index is 0.00000144. The zero-order valence-electron chi connectivity index (χ0n) is 7.34. The van der Waals surface area contributed by atoms with Gasteiger partial charge in [0.15, 0.2) is 0 Å². The van der Waals surface area contributed by atoms with E-state index in [0.717, 1.165) is 0 Å². The van der Waals surface area contributed by atoms with Crippen LogP contribution >= 0.6 is 0 Å². The first-order valence-electron chi connectivity index (χ1n) is 3.26. The second-order valence-corrected chi connectivity index (χ2v) is 2.19. The molecule has 1 heterocycles. The van der Waals surface area contributed by atoms with Gasteiger partial charge in [-0.1, -0.05) is 0 Å². The number of methoxy groups -OCH3 is 1. The summed E-state index contributed by atoms with van der Waals surface area (Å²) >= 11 is 0. The number of carbonyl (C=O) groups is 1. The molecule has 1 rings (SSSR count). The van der Waals surface area contributed by atoms with E-state index in [-0.39, 0.29) is 55.4 Å². The van der Waals surface area contributed by atoms with Crippen LogP contribution in [0.5, 0.6) is 0 Å². The Morgan fingerprint density at radius 2 is 2.31 bits per heavy atom. The fourth-order valence-corrected chi connectivity index (χ4v) is 0.871. The van der Waals surface area contributed by atoms with Crippen LogP contribution in [0.25, 0.3) is 5.84 Å². The summed E-state index contributed by atoms with van der Waals surface area (Å²) < 4.78 is 4.50. The molecule has 7 heteroatoms. The Morgan fingerprint density at radius 1 is 1.69 bits per heavy atom. The molecule has 0 spiro atoms. The summed E-state index contributed by atoms with van der Waals surface area (Å²) in [7, 11) is 1.28. The zero-order valence-corrected chi connectivity index (χ0v) is 12.1. The van der Waals surface area contributed by atoms with E-state index in [9.17, 15) is 4.79 Å². The molecule has 6 nitrogen and oxygen atoms in total. The molecule has 1 radical (unpaired) electrons. The Hall–Kier alpha value is -0.118. The van der Waals surface area contributed by atoms with Crippen molar-refractivity contribution in [3.8, 4) is 0 Å². The summed E-state index contributed by atoms with van der Waals surface area (Å²) in [5.74, 6) is 6.50. The van der Waals surface area contributed by atoms with Crippen molar-refractivity contribution in [1.82, 2.24) is 10.2 Å². The van der Waals surface area contributed by atoms with E-state index in [0.29, 0.717) is 5.69 Å². The second kappa shape index (κ2) is 5.58. The average Bonchev–Trinajstić information content (AvgIpc) is 2.45. The van der Waals surface area contributed by atoms with E-state index in [2.05, 4.69) is 14.9 Å². The van der Waals surface area contributed by atoms with Crippen molar-refractivity contribution in [2.24, 2.45) is 0 Å². The standard InChI is InChI=1S/C6H9N4O2.Ac/c1-3-4(6(11)12-2)5(8-7)10-9-3;/h7H,1-2H3,(H2,8,9,10,11);/q-1;. The van der Waals surface area contributed by atoms with Crippen molar-refractivity contribution in [2.75, 3.05) is 12.5 Å². The Kier molecular flexibility index (Phi) is 5.53. The van der Waals surface area contributed by atoms with E-state index >= 15 is 0 Å². The normalized spacial score (nSPS) is 8.85. The Morgan fingerprint density at radius 3 is 2.77 bits per heavy atom. The molecule has 69 valence electrons. The SMILES string of the molecule is COC(=O)c1c(N[NH-])n[nH]c1C.[Ac]. The largest absolute Gasteiger partial charge is 0.585 e. The number of aromatic amines is 1. The second-order valence-electron chi connectivity index (χ2n) is 2.19. The summed E-state index contributed by atoms with van der Waals surface area (Å²) in [6.45, 7) is 1.68. The first-order chi connectivity index (χ1) is 5.70. The van der Waals surface area contributed by atoms with Crippen molar-refractivity contribution in [1.29, 1.82) is 0 Å². The number of nitrogens with zero attached hydrogens (tertiary/aromatic N) is 1. The average molecular weight is 396 g/mol. The van der Waals surface area contributed by atoms with Gasteiger partial charge in [0.2, 0.25) is 0 Å². The van der Waals surface area contributed by atoms with Crippen molar-refractivity contribution in [3.63, 3.8) is 0 Å². The Bertz CT molecular complexity index is 299. The number of esters is 1. The molecule has 0 aromatic carbocycles. The summed E-state index contributed by atoms with van der Waals surface area (Å²) in [6, 6.07) is 0. The predicted octanol–water partition coefficient (Wildman–Crippen LogP) is 0.884. The third kappa shape index (κ3) is 2.66. The van der Waals surface area contributed by atoms with Gasteiger partial charge >= 0.3 is 5.97 Å². The molecule has 0 aliphatic heterocycles. The number of aryl methyl sites for hydroxylation is 1. The van der Waals surface area contributed by atoms with Crippen molar-refractivity contribution in [3.05, 3.63) is 17.1 Å². The van der Waals surface area contributed by atoms with Crippen LogP contribution in [0.4, 0.5) is 5.82 Å². The fraction of sp³-hybridized carbons (Fsp3) is 0.333. The minimum Gasteiger partial charge on any atom is -0.585 e. The molecule has 0 bridgehead atoms. The minimum atomic E-state index is -0.504. The molecular weight excluding hydrogens is 387 g/mol. The van der Waals surface area contributed by atoms with Gasteiger partial charge in [-0.05, 0) is 6.92 Å². The molecule has 0 amide bonds. The van der Waals surface area contributed by atoms with Gasteiger partial charge in [0, 0.05) is 49.8 Å². The summed E-state index contributed by atoms with van der Waals surface area (Å²) in [4.78, 5) is 11.1. The van der Waals surface area contributed by atoms with Crippen LogP contribution in [-0.2, 0) is 4.74 Å². The molecule has 0 unspecified atom stereocenters. The number of nitrogens with one attached hydrogen (secondary N) is 3. The molecule has 3 N–H and O–H groups in total. The molecule has 1 aromatic rings. The maximum absolute atomic E-state index is 11.1. The van der Waals surface area contributed by atoms with Crippen LogP contribution in [0, 0.1) is 51.0 Å². The molecule has 0 aliphatic carbocycles. The number of anilines is 1. The number of ether oxygens (including phenoxy) is 1. The van der Waals surface area contributed by atoms with Crippen molar-refractivity contribution in [2.45, 2.75) is 6.92 Å². The molecule has 0 saturated heterocycles. The van der Waals surface area contributed by atoms with Crippen molar-refractivity contribution >= 4 is 11.8 Å². The molecule has 0 aliphatic rings. The van der Waals surface area contributed by atoms with E-state index < -0.39 is 5.97 Å². The summed E-state index contributed by atoms with van der Waals surface area (Å²) in [5.41, 5.74) is 2.89. The minimum absolute atomic E-state index is 0. The third-order valence-electron chi connectivity index (χ3n) is 1.46. The molecule has 0 fully saturated rings. The topological polar surface area (TPSA) is 90.8 Å². The number of H-pyrrole nitrogens is 1. The predicted molar refractivity (Wildman–Crippen MR) is 42.6 cm³/mol. The Labute approximate surface area is 111 Å². The van der Waals surface area contributed by atoms with Gasteiger partial charge in [-0.2, -0.15) is 5.10 Å². The van der Waals surface area contributed by atoms with Gasteiger partial charge in [-0.25, -0.2) is 4.79 Å². The smallest absolute Gasteiger partial charge is 0.343 e. The van der Waals surface area contributed by atoms with E-state index in [1.807, 2.05) is 5.43 Å². The molecule has 0 atom stereocenters. The number of carbonyl (C=O) groups excluding carboxylic acids is 1. The van der Waals surface area contributed by atoms with Crippen LogP contribution in [0.15, 0.2) is 0 Å². The van der Waals surface area contributed by atoms with Crippen LogP contribution in [-0.4, -0.2) is 23.3 Å². The van der Waals surface area contributed by atoms with Gasteiger partial charge in [0.05, 0.1) is 7.11 Å². The van der Waals surface area contributed by atoms with Crippen LogP contribution in [0.1, 0.15) is 16.1 Å². The van der Waals surface area contributed by atoms with Crippen LogP contribution in [0.3, 0.4) is 0 Å².